The van der Waals surface area contributed by atoms with Crippen LogP contribution < -0.4 is 15.8 Å². The molecule has 0 aliphatic carbocycles. The lowest BCUT2D eigenvalue weighted by atomic mass is 10.1. The van der Waals surface area contributed by atoms with Gasteiger partial charge in [0.2, 0.25) is 5.91 Å². The Balaban J connectivity index is 2.08. The fraction of sp³-hybridized carbons (Fsp3) is 0.150. The highest BCUT2D eigenvalue weighted by Crippen LogP contribution is 2.16. The predicted molar refractivity (Wildman–Crippen MR) is 99.4 cm³/mol. The quantitative estimate of drug-likeness (QED) is 0.592. The molecule has 0 aliphatic rings. The molecule has 0 saturated carbocycles. The normalized spacial score (nSPS) is 10.7. The van der Waals surface area contributed by atoms with Gasteiger partial charge in [0.15, 0.2) is 0 Å². The van der Waals surface area contributed by atoms with Crippen LogP contribution in [0.5, 0.6) is 5.75 Å². The van der Waals surface area contributed by atoms with Crippen molar-refractivity contribution in [3.63, 3.8) is 0 Å². The lowest BCUT2D eigenvalue weighted by Gasteiger charge is -2.06. The Morgan fingerprint density at radius 1 is 1.15 bits per heavy atom. The molecule has 3 N–H and O–H groups in total. The molecule has 0 aromatic heterocycles. The van der Waals surface area contributed by atoms with E-state index in [4.69, 9.17) is 10.5 Å². The van der Waals surface area contributed by atoms with Gasteiger partial charge in [0.25, 0.3) is 5.91 Å². The molecule has 26 heavy (non-hydrogen) atoms. The average molecular weight is 349 g/mol. The zero-order chi connectivity index (χ0) is 18.9. The van der Waals surface area contributed by atoms with Crippen LogP contribution in [-0.4, -0.2) is 18.4 Å². The minimum absolute atomic E-state index is 0.0359. The fourth-order valence-corrected chi connectivity index (χ4v) is 2.11. The molecule has 2 aromatic rings. The van der Waals surface area contributed by atoms with Crippen LogP contribution >= 0.6 is 0 Å². The smallest absolute Gasteiger partial charge is 0.266 e. The number of hydrogen-bond acceptors (Lipinski definition) is 4. The monoisotopic (exact) mass is 349 g/mol. The van der Waals surface area contributed by atoms with Crippen LogP contribution in [-0.2, 0) is 4.79 Å². The van der Waals surface area contributed by atoms with Crippen molar-refractivity contribution in [3.05, 3.63) is 65.2 Å². The molecule has 2 rings (SSSR count). The minimum Gasteiger partial charge on any atom is -0.494 e. The number of ether oxygens (including phenoxy) is 1. The minimum atomic E-state index is -0.549. The zero-order valence-electron chi connectivity index (χ0n) is 14.4. The van der Waals surface area contributed by atoms with Crippen LogP contribution in [0.1, 0.15) is 29.3 Å². The Morgan fingerprint density at radius 3 is 2.35 bits per heavy atom. The van der Waals surface area contributed by atoms with E-state index in [0.717, 1.165) is 12.2 Å². The molecule has 0 bridgehead atoms. The summed E-state index contributed by atoms with van der Waals surface area (Å²) in [6, 6.07) is 15.1. The fourth-order valence-electron chi connectivity index (χ4n) is 2.11. The van der Waals surface area contributed by atoms with E-state index in [1.807, 2.05) is 13.0 Å². The number of nitriles is 1. The molecule has 132 valence electrons. The summed E-state index contributed by atoms with van der Waals surface area (Å²) in [6.45, 7) is 2.66. The van der Waals surface area contributed by atoms with Crippen molar-refractivity contribution in [2.45, 2.75) is 13.3 Å². The van der Waals surface area contributed by atoms with Crippen molar-refractivity contribution in [1.82, 2.24) is 0 Å². The van der Waals surface area contributed by atoms with E-state index in [9.17, 15) is 14.9 Å². The van der Waals surface area contributed by atoms with Gasteiger partial charge >= 0.3 is 0 Å². The summed E-state index contributed by atoms with van der Waals surface area (Å²) in [5.41, 5.74) is 6.65. The first-order chi connectivity index (χ1) is 12.5. The van der Waals surface area contributed by atoms with E-state index >= 15 is 0 Å². The van der Waals surface area contributed by atoms with Crippen molar-refractivity contribution >= 4 is 23.6 Å². The Morgan fingerprint density at radius 2 is 1.81 bits per heavy atom. The number of amides is 2. The maximum atomic E-state index is 12.3. The van der Waals surface area contributed by atoms with Gasteiger partial charge in [-0.2, -0.15) is 5.26 Å². The molecule has 0 unspecified atom stereocenters. The predicted octanol–water partition coefficient (Wildman–Crippen LogP) is 3.12. The molecule has 6 heteroatoms. The number of carbonyl (C=O) groups is 2. The first-order valence-corrected chi connectivity index (χ1v) is 8.09. The molecule has 0 fully saturated rings. The number of anilines is 1. The number of nitrogens with one attached hydrogen (secondary N) is 1. The maximum absolute atomic E-state index is 12.3. The summed E-state index contributed by atoms with van der Waals surface area (Å²) < 4.78 is 5.50. The first kappa shape index (κ1) is 18.7. The molecular formula is C20H19N3O3. The maximum Gasteiger partial charge on any atom is 0.266 e. The topological polar surface area (TPSA) is 105 Å². The highest BCUT2D eigenvalue weighted by atomic mass is 16.5. The summed E-state index contributed by atoms with van der Waals surface area (Å²) in [6.07, 6.45) is 2.41. The van der Waals surface area contributed by atoms with Crippen LogP contribution in [0, 0.1) is 11.3 Å². The summed E-state index contributed by atoms with van der Waals surface area (Å²) in [7, 11) is 0. The van der Waals surface area contributed by atoms with Gasteiger partial charge in [0, 0.05) is 11.3 Å². The molecule has 2 amide bonds. The van der Waals surface area contributed by atoms with Gasteiger partial charge in [-0.1, -0.05) is 19.1 Å². The molecule has 6 nitrogen and oxygen atoms in total. The van der Waals surface area contributed by atoms with Crippen molar-refractivity contribution in [2.24, 2.45) is 5.73 Å². The van der Waals surface area contributed by atoms with E-state index in [1.165, 1.54) is 18.2 Å². The number of primary amides is 1. The van der Waals surface area contributed by atoms with E-state index in [0.29, 0.717) is 23.4 Å². The van der Waals surface area contributed by atoms with Crippen molar-refractivity contribution in [3.8, 4) is 11.8 Å². The van der Waals surface area contributed by atoms with Gasteiger partial charge < -0.3 is 15.8 Å². The third kappa shape index (κ3) is 5.21. The van der Waals surface area contributed by atoms with Crippen LogP contribution in [0.25, 0.3) is 6.08 Å². The molecule has 0 saturated heterocycles. The Bertz CT molecular complexity index is 847. The van der Waals surface area contributed by atoms with Crippen LogP contribution in [0.3, 0.4) is 0 Å². The third-order valence-corrected chi connectivity index (χ3v) is 3.46. The summed E-state index contributed by atoms with van der Waals surface area (Å²) in [5, 5.41) is 11.9. The van der Waals surface area contributed by atoms with Gasteiger partial charge in [-0.05, 0) is 54.5 Å². The second kappa shape index (κ2) is 9.04. The van der Waals surface area contributed by atoms with Crippen LogP contribution in [0.2, 0.25) is 0 Å². The Hall–Kier alpha value is -3.59. The van der Waals surface area contributed by atoms with E-state index in [1.54, 1.807) is 36.4 Å². The number of hydrogen-bond donors (Lipinski definition) is 2. The molecule has 0 spiro atoms. The number of benzene rings is 2. The van der Waals surface area contributed by atoms with Gasteiger partial charge in [0.05, 0.1) is 6.61 Å². The number of nitrogens with zero attached hydrogens (tertiary/aromatic N) is 1. The van der Waals surface area contributed by atoms with E-state index < -0.39 is 11.8 Å². The largest absolute Gasteiger partial charge is 0.494 e. The van der Waals surface area contributed by atoms with Crippen molar-refractivity contribution < 1.29 is 14.3 Å². The highest BCUT2D eigenvalue weighted by Gasteiger charge is 2.10. The first-order valence-electron chi connectivity index (χ1n) is 8.09. The standard InChI is InChI=1S/C20H19N3O3/c1-2-11-26-18-9-3-14(4-10-18)12-16(13-21)20(25)23-17-7-5-15(6-8-17)19(22)24/h3-10,12H,2,11H2,1H3,(H2,22,24)(H,23,25)/b16-12+. The summed E-state index contributed by atoms with van der Waals surface area (Å²) >= 11 is 0. The SMILES string of the molecule is CCCOc1ccc(/C=C(\C#N)C(=O)Nc2ccc(C(N)=O)cc2)cc1. The molecule has 0 aliphatic heterocycles. The van der Waals surface area contributed by atoms with Gasteiger partial charge in [-0.15, -0.1) is 0 Å². The second-order valence-electron chi connectivity index (χ2n) is 5.48. The van der Waals surface area contributed by atoms with Crippen molar-refractivity contribution in [1.29, 1.82) is 5.26 Å². The van der Waals surface area contributed by atoms with Gasteiger partial charge in [-0.3, -0.25) is 9.59 Å². The molecule has 0 atom stereocenters. The molecular weight excluding hydrogens is 330 g/mol. The zero-order valence-corrected chi connectivity index (χ0v) is 14.4. The van der Waals surface area contributed by atoms with Gasteiger partial charge in [0.1, 0.15) is 17.4 Å². The van der Waals surface area contributed by atoms with Crippen LogP contribution in [0.15, 0.2) is 54.1 Å². The number of rotatable bonds is 7. The molecule has 0 heterocycles. The average Bonchev–Trinajstić information content (AvgIpc) is 2.65. The molecule has 0 radical (unpaired) electrons. The Labute approximate surface area is 151 Å². The van der Waals surface area contributed by atoms with Crippen LogP contribution in [0.4, 0.5) is 5.69 Å². The van der Waals surface area contributed by atoms with E-state index in [-0.39, 0.29) is 5.57 Å². The summed E-state index contributed by atoms with van der Waals surface area (Å²) in [5.74, 6) is -0.348. The highest BCUT2D eigenvalue weighted by molar-refractivity contribution is 6.09. The van der Waals surface area contributed by atoms with Crippen molar-refractivity contribution in [2.75, 3.05) is 11.9 Å². The Kier molecular flexibility index (Phi) is 6.52. The van der Waals surface area contributed by atoms with Gasteiger partial charge in [-0.25, -0.2) is 0 Å². The second-order valence-corrected chi connectivity index (χ2v) is 5.48. The lowest BCUT2D eigenvalue weighted by molar-refractivity contribution is -0.112. The number of carbonyl (C=O) groups excluding carboxylic acids is 2. The summed E-state index contributed by atoms with van der Waals surface area (Å²) in [4.78, 5) is 23.3. The third-order valence-electron chi connectivity index (χ3n) is 3.46. The molecule has 2 aromatic carbocycles. The lowest BCUT2D eigenvalue weighted by Crippen LogP contribution is -2.14. The number of nitrogens with two attached hydrogens (primary N) is 1. The van der Waals surface area contributed by atoms with E-state index in [2.05, 4.69) is 5.32 Å².